The molecule has 0 spiro atoms. The van der Waals surface area contributed by atoms with E-state index >= 15 is 0 Å². The molecule has 66 valence electrons. The van der Waals surface area contributed by atoms with E-state index in [0.29, 0.717) is 10.6 Å². The van der Waals surface area contributed by atoms with E-state index in [1.165, 1.54) is 0 Å². The zero-order chi connectivity index (χ0) is 9.14. The summed E-state index contributed by atoms with van der Waals surface area (Å²) in [6, 6.07) is 5.11. The zero-order valence-corrected chi connectivity index (χ0v) is 12.1. The van der Waals surface area contributed by atoms with Crippen molar-refractivity contribution >= 4 is 38.6 Å². The monoisotopic (exact) mass is 290 g/mol. The van der Waals surface area contributed by atoms with Gasteiger partial charge in [-0.1, -0.05) is 44.7 Å². The van der Waals surface area contributed by atoms with Crippen molar-refractivity contribution in [2.45, 2.75) is 5.75 Å². The van der Waals surface area contributed by atoms with Crippen LogP contribution in [0.3, 0.4) is 0 Å². The number of hydrogen-bond donors (Lipinski definition) is 0. The Morgan fingerprint density at radius 2 is 2.15 bits per heavy atom. The largest absolute Gasteiger partial charge is 1.00 e. The van der Waals surface area contributed by atoms with Crippen molar-refractivity contribution in [2.24, 2.45) is 0 Å². The third kappa shape index (κ3) is 4.93. The molecule has 0 N–H and O–H groups in total. The molecule has 1 unspecified atom stereocenters. The van der Waals surface area contributed by atoms with E-state index in [1.54, 1.807) is 18.2 Å². The van der Waals surface area contributed by atoms with Crippen LogP contribution in [0.1, 0.15) is 5.56 Å². The van der Waals surface area contributed by atoms with E-state index in [9.17, 15) is 8.76 Å². The summed E-state index contributed by atoms with van der Waals surface area (Å²) in [5, 5.41) is 0.466. The Morgan fingerprint density at radius 3 is 2.62 bits per heavy atom. The minimum absolute atomic E-state index is 0. The Kier molecular flexibility index (Phi) is 7.11. The van der Waals surface area contributed by atoms with Crippen molar-refractivity contribution in [3.63, 3.8) is 0 Å². The molecule has 0 aliphatic rings. The summed E-state index contributed by atoms with van der Waals surface area (Å²) in [5.74, 6) is -0.0356. The summed E-state index contributed by atoms with van der Waals surface area (Å²) in [7, 11) is 0. The average Bonchev–Trinajstić information content (AvgIpc) is 1.94. The van der Waals surface area contributed by atoms with Crippen LogP contribution >= 0.6 is 27.5 Å². The molecule has 1 atom stereocenters. The van der Waals surface area contributed by atoms with E-state index in [4.69, 9.17) is 11.6 Å². The van der Waals surface area contributed by atoms with E-state index < -0.39 is 11.1 Å². The van der Waals surface area contributed by atoms with Crippen molar-refractivity contribution in [1.82, 2.24) is 0 Å². The fourth-order valence-corrected chi connectivity index (χ4v) is 2.09. The molecule has 1 aromatic rings. The molecule has 0 radical (unpaired) electrons. The van der Waals surface area contributed by atoms with Crippen LogP contribution < -0.4 is 29.6 Å². The van der Waals surface area contributed by atoms with Crippen molar-refractivity contribution < 1.29 is 38.3 Å². The molecule has 13 heavy (non-hydrogen) atoms. The summed E-state index contributed by atoms with van der Waals surface area (Å²) in [6.07, 6.45) is 0. The molecule has 0 heterocycles. The van der Waals surface area contributed by atoms with Crippen LogP contribution in [0.15, 0.2) is 22.7 Å². The van der Waals surface area contributed by atoms with Crippen LogP contribution in [0.5, 0.6) is 0 Å². The van der Waals surface area contributed by atoms with Crippen molar-refractivity contribution in [1.29, 1.82) is 0 Å². The fraction of sp³-hybridized carbons (Fsp3) is 0.143. The van der Waals surface area contributed by atoms with Crippen LogP contribution in [0.2, 0.25) is 5.02 Å². The standard InChI is InChI=1S/C7H6BrClO2S.Na/c8-6-2-1-5(4-12(10)11)7(9)3-6;/h1-3H,4H2,(H,10,11);/q;+1/p-1. The molecule has 0 aliphatic heterocycles. The maximum absolute atomic E-state index is 10.3. The molecule has 2 nitrogen and oxygen atoms in total. The van der Waals surface area contributed by atoms with Crippen LogP contribution in [-0.4, -0.2) is 8.76 Å². The van der Waals surface area contributed by atoms with Gasteiger partial charge < -0.3 is 4.55 Å². The van der Waals surface area contributed by atoms with Gasteiger partial charge in [0, 0.05) is 15.2 Å². The molecular formula is C7H5BrClNaO2S. The molecule has 0 aliphatic carbocycles. The first-order valence-corrected chi connectivity index (χ1v) is 5.51. The third-order valence-electron chi connectivity index (χ3n) is 1.29. The van der Waals surface area contributed by atoms with Gasteiger partial charge in [0.15, 0.2) is 0 Å². The zero-order valence-electron chi connectivity index (χ0n) is 6.92. The minimum Gasteiger partial charge on any atom is -0.772 e. The molecule has 0 aromatic heterocycles. The smallest absolute Gasteiger partial charge is 0.772 e. The van der Waals surface area contributed by atoms with Gasteiger partial charge in [-0.15, -0.1) is 0 Å². The van der Waals surface area contributed by atoms with Gasteiger partial charge in [-0.3, -0.25) is 4.21 Å². The molecule has 6 heteroatoms. The molecule has 0 saturated carbocycles. The maximum atomic E-state index is 10.3. The number of halogens is 2. The summed E-state index contributed by atoms with van der Waals surface area (Å²) in [6.45, 7) is 0. The predicted molar refractivity (Wildman–Crippen MR) is 51.8 cm³/mol. The number of benzene rings is 1. The van der Waals surface area contributed by atoms with E-state index in [2.05, 4.69) is 15.9 Å². The molecule has 1 aromatic carbocycles. The Hall–Kier alpha value is 1.10. The van der Waals surface area contributed by atoms with Crippen molar-refractivity contribution in [3.8, 4) is 0 Å². The summed E-state index contributed by atoms with van der Waals surface area (Å²) < 4.78 is 21.5. The quantitative estimate of drug-likeness (QED) is 0.544. The van der Waals surface area contributed by atoms with Gasteiger partial charge in [-0.2, -0.15) is 0 Å². The van der Waals surface area contributed by atoms with E-state index in [1.807, 2.05) is 0 Å². The molecule has 1 rings (SSSR count). The Labute approximate surface area is 115 Å². The van der Waals surface area contributed by atoms with Gasteiger partial charge in [0.2, 0.25) is 0 Å². The second-order valence-electron chi connectivity index (χ2n) is 2.18. The fourth-order valence-electron chi connectivity index (χ4n) is 0.766. The summed E-state index contributed by atoms with van der Waals surface area (Å²) >= 11 is 6.91. The van der Waals surface area contributed by atoms with Crippen LogP contribution in [0.4, 0.5) is 0 Å². The normalized spacial score (nSPS) is 11.9. The third-order valence-corrected chi connectivity index (χ3v) is 2.68. The second-order valence-corrected chi connectivity index (χ2v) is 4.40. The van der Waals surface area contributed by atoms with E-state index in [0.717, 1.165) is 4.47 Å². The SMILES string of the molecule is O=S([O-])Cc1ccc(Br)cc1Cl.[Na+]. The van der Waals surface area contributed by atoms with Gasteiger partial charge in [0.25, 0.3) is 0 Å². The van der Waals surface area contributed by atoms with Crippen LogP contribution in [0, 0.1) is 0 Å². The van der Waals surface area contributed by atoms with Crippen LogP contribution in [0.25, 0.3) is 0 Å². The predicted octanol–water partition coefficient (Wildman–Crippen LogP) is -0.514. The summed E-state index contributed by atoms with van der Waals surface area (Å²) in [4.78, 5) is 0. The average molecular weight is 292 g/mol. The van der Waals surface area contributed by atoms with Crippen molar-refractivity contribution in [2.75, 3.05) is 0 Å². The van der Waals surface area contributed by atoms with Gasteiger partial charge in [-0.05, 0) is 17.7 Å². The Balaban J connectivity index is 0.00000144. The topological polar surface area (TPSA) is 40.1 Å². The molecule has 0 fully saturated rings. The van der Waals surface area contributed by atoms with Crippen molar-refractivity contribution in [3.05, 3.63) is 33.3 Å². The minimum atomic E-state index is -2.08. The van der Waals surface area contributed by atoms with Gasteiger partial charge in [-0.25, -0.2) is 0 Å². The van der Waals surface area contributed by atoms with E-state index in [-0.39, 0.29) is 35.3 Å². The molecule has 0 amide bonds. The van der Waals surface area contributed by atoms with Gasteiger partial charge >= 0.3 is 29.6 Å². The Bertz CT molecular complexity index is 321. The summed E-state index contributed by atoms with van der Waals surface area (Å²) in [5.41, 5.74) is 0.619. The number of rotatable bonds is 2. The van der Waals surface area contributed by atoms with Gasteiger partial charge in [0.1, 0.15) is 0 Å². The van der Waals surface area contributed by atoms with Crippen LogP contribution in [-0.2, 0) is 16.8 Å². The molecule has 0 saturated heterocycles. The van der Waals surface area contributed by atoms with Gasteiger partial charge in [0.05, 0.1) is 0 Å². The molecular weight excluding hydrogens is 286 g/mol. The Morgan fingerprint density at radius 1 is 1.54 bits per heavy atom. The first kappa shape index (κ1) is 14.1. The number of hydrogen-bond acceptors (Lipinski definition) is 2. The maximum Gasteiger partial charge on any atom is 1.00 e. The first-order valence-electron chi connectivity index (χ1n) is 3.09. The second kappa shape index (κ2) is 6.56. The molecule has 0 bridgehead atoms. The first-order chi connectivity index (χ1) is 5.59.